The van der Waals surface area contributed by atoms with E-state index >= 15 is 0 Å². The molecule has 0 bridgehead atoms. The Morgan fingerprint density at radius 1 is 0.565 bits per heavy atom. The third-order valence-electron chi connectivity index (χ3n) is 12.1. The minimum atomic E-state index is -1.28. The van der Waals surface area contributed by atoms with Crippen molar-refractivity contribution in [2.75, 3.05) is 4.90 Å². The summed E-state index contributed by atoms with van der Waals surface area (Å²) in [7, 11) is 0. The van der Waals surface area contributed by atoms with Crippen LogP contribution in [0.15, 0.2) is 175 Å². The highest BCUT2D eigenvalue weighted by Gasteiger charge is 2.27. The van der Waals surface area contributed by atoms with Crippen LogP contribution in [0.5, 0.6) is 0 Å². The van der Waals surface area contributed by atoms with Gasteiger partial charge in [0.25, 0.3) is 0 Å². The summed E-state index contributed by atoms with van der Waals surface area (Å²) >= 11 is 3.07. The fourth-order valence-corrected chi connectivity index (χ4v) is 10.8. The predicted octanol–water partition coefficient (Wildman–Crippen LogP) is 15.7. The minimum absolute atomic E-state index is 0.342. The van der Waals surface area contributed by atoms with Crippen molar-refractivity contribution in [2.45, 2.75) is 52.0 Å². The zero-order valence-corrected chi connectivity index (χ0v) is 39.6. The van der Waals surface area contributed by atoms with E-state index in [2.05, 4.69) is 121 Å². The molecule has 1 N–H and O–H groups in total. The third kappa shape index (κ3) is 9.45. The molecule has 11 heteroatoms. The molecule has 4 heterocycles. The van der Waals surface area contributed by atoms with Crippen molar-refractivity contribution in [3.05, 3.63) is 180 Å². The van der Waals surface area contributed by atoms with Gasteiger partial charge in [0, 0.05) is 58.8 Å². The van der Waals surface area contributed by atoms with Crippen molar-refractivity contribution in [1.82, 2.24) is 25.0 Å². The van der Waals surface area contributed by atoms with Gasteiger partial charge in [0.2, 0.25) is 0 Å². The quantitative estimate of drug-likeness (QED) is 0.0544. The lowest BCUT2D eigenvalue weighted by molar-refractivity contribution is -0.132. The van der Waals surface area contributed by atoms with E-state index in [1.165, 1.54) is 36.7 Å². The molecule has 6 aromatic carbocycles. The van der Waals surface area contributed by atoms with Gasteiger partial charge in [-0.3, -0.25) is 0 Å². The molecule has 0 saturated carbocycles. The lowest BCUT2D eigenvalue weighted by Gasteiger charge is -2.25. The Morgan fingerprint density at radius 3 is 1.58 bits per heavy atom. The number of fused-ring (bicyclic) bond motifs is 2. The van der Waals surface area contributed by atoms with E-state index in [1.807, 2.05) is 71.5 Å². The van der Waals surface area contributed by atoms with E-state index in [0.29, 0.717) is 33.5 Å². The second kappa shape index (κ2) is 20.4. The Balaban J connectivity index is 1.17. The lowest BCUT2D eigenvalue weighted by atomic mass is 9.99. The van der Waals surface area contributed by atoms with Crippen molar-refractivity contribution in [1.29, 1.82) is 5.26 Å². The summed E-state index contributed by atoms with van der Waals surface area (Å²) in [6.45, 7) is 2.88. The number of aliphatic carboxylic acids is 1. The molecule has 0 spiro atoms. The number of para-hydroxylation sites is 2. The number of benzene rings is 6. The topological polar surface area (TPSA) is 121 Å². The highest BCUT2D eigenvalue weighted by Crippen LogP contribution is 2.48. The van der Waals surface area contributed by atoms with Crippen LogP contribution in [0.2, 0.25) is 0 Å². The molecule has 4 aromatic heterocycles. The zero-order chi connectivity index (χ0) is 47.1. The molecule has 9 nitrogen and oxygen atoms in total. The van der Waals surface area contributed by atoms with Crippen LogP contribution in [0, 0.1) is 11.3 Å². The Hall–Kier alpha value is -8.04. The third-order valence-corrected chi connectivity index (χ3v) is 14.3. The molecule has 10 aromatic rings. The maximum Gasteiger partial charge on any atom is 0.346 e. The van der Waals surface area contributed by atoms with Crippen LogP contribution in [0.25, 0.3) is 82.0 Å². The van der Waals surface area contributed by atoms with Crippen molar-refractivity contribution in [2.24, 2.45) is 0 Å². The first-order valence-corrected chi connectivity index (χ1v) is 24.9. The summed E-state index contributed by atoms with van der Waals surface area (Å²) < 4.78 is 0. The van der Waals surface area contributed by atoms with E-state index in [0.717, 1.165) is 90.2 Å². The highest BCUT2D eigenvalue weighted by molar-refractivity contribution is 7.19. The summed E-state index contributed by atoms with van der Waals surface area (Å²) in [5.74, 6) is -1.28. The SMILES string of the molecule is CCCCCCCCn1nc2c(-c3ccc(/C=C(/C#N)C(=O)O)s3)c3nc(-c4ccccc4)c(-c4ccccc4)nc3c(-c3ccc(-c4ccc(N(c5ccccc5)c5ccccc5)cc4)s3)c2n1. The van der Waals surface area contributed by atoms with Crippen LogP contribution in [0.4, 0.5) is 17.1 Å². The monoisotopic (exact) mass is 937 g/mol. The van der Waals surface area contributed by atoms with Gasteiger partial charge in [0.05, 0.1) is 17.9 Å². The minimum Gasteiger partial charge on any atom is -0.477 e. The summed E-state index contributed by atoms with van der Waals surface area (Å²) in [5, 5.41) is 30.0. The number of anilines is 3. The van der Waals surface area contributed by atoms with Gasteiger partial charge in [-0.2, -0.15) is 20.3 Å². The first-order chi connectivity index (χ1) is 34.0. The molecule has 10 rings (SSSR count). The van der Waals surface area contributed by atoms with Gasteiger partial charge in [-0.15, -0.1) is 22.7 Å². The second-order valence-electron chi connectivity index (χ2n) is 16.8. The van der Waals surface area contributed by atoms with Crippen LogP contribution in [-0.4, -0.2) is 36.0 Å². The first kappa shape index (κ1) is 44.8. The van der Waals surface area contributed by atoms with Crippen LogP contribution in [0.1, 0.15) is 50.3 Å². The van der Waals surface area contributed by atoms with Crippen LogP contribution >= 0.6 is 22.7 Å². The van der Waals surface area contributed by atoms with E-state index in [-0.39, 0.29) is 5.57 Å². The molecule has 0 aliphatic rings. The van der Waals surface area contributed by atoms with Gasteiger partial charge in [-0.1, -0.05) is 148 Å². The standard InChI is InChI=1S/C58H47N7O2S2/c1-2-3-4-5-6-19-36-64-62-56-50(48-33-32-46(68-48)37-42(38-59)58(66)67)54-55(61-53(41-22-13-8-14-23-41)52(60-54)40-20-11-7-12-21-40)51(57(56)63-64)49-35-34-47(69-49)39-28-30-45(31-29-39)65(43-24-15-9-16-25-43)44-26-17-10-18-27-44/h7-18,20-35,37H,2-6,19,36H2,1H3,(H,66,67)/b42-37-. The molecule has 0 saturated heterocycles. The van der Waals surface area contributed by atoms with Gasteiger partial charge < -0.3 is 10.0 Å². The molecular weight excluding hydrogens is 891 g/mol. The largest absolute Gasteiger partial charge is 0.477 e. The lowest BCUT2D eigenvalue weighted by Crippen LogP contribution is -2.09. The molecule has 0 amide bonds. The summed E-state index contributed by atoms with van der Waals surface area (Å²) in [4.78, 5) is 30.8. The number of carbonyl (C=O) groups is 1. The van der Waals surface area contributed by atoms with Crippen LogP contribution in [-0.2, 0) is 11.3 Å². The van der Waals surface area contributed by atoms with Crippen molar-refractivity contribution < 1.29 is 9.90 Å². The number of carboxylic acid groups (broad SMARTS) is 1. The molecule has 0 aliphatic heterocycles. The molecule has 69 heavy (non-hydrogen) atoms. The van der Waals surface area contributed by atoms with E-state index in [1.54, 1.807) is 11.3 Å². The number of thiophene rings is 2. The maximum absolute atomic E-state index is 11.9. The summed E-state index contributed by atoms with van der Waals surface area (Å²) in [5.41, 5.74) is 11.6. The Labute approximate surface area is 409 Å². The molecule has 0 atom stereocenters. The van der Waals surface area contributed by atoms with Gasteiger partial charge in [-0.25, -0.2) is 14.8 Å². The molecule has 0 aliphatic carbocycles. The highest BCUT2D eigenvalue weighted by atomic mass is 32.1. The summed E-state index contributed by atoms with van der Waals surface area (Å²) in [6.07, 6.45) is 8.22. The number of aryl methyl sites for hydroxylation is 1. The van der Waals surface area contributed by atoms with Crippen molar-refractivity contribution >= 4 is 73.8 Å². The average molecular weight is 938 g/mol. The van der Waals surface area contributed by atoms with E-state index < -0.39 is 5.97 Å². The maximum atomic E-state index is 11.9. The fraction of sp³-hybridized carbons (Fsp3) is 0.138. The molecular formula is C58H47N7O2S2. The first-order valence-electron chi connectivity index (χ1n) is 23.3. The van der Waals surface area contributed by atoms with Gasteiger partial charge in [0.1, 0.15) is 33.7 Å². The summed E-state index contributed by atoms with van der Waals surface area (Å²) in [6, 6.07) is 59.8. The smallest absolute Gasteiger partial charge is 0.346 e. The number of rotatable bonds is 17. The fourth-order valence-electron chi connectivity index (χ4n) is 8.74. The molecule has 338 valence electrons. The van der Waals surface area contributed by atoms with Gasteiger partial charge in [-0.05, 0) is 78.7 Å². The van der Waals surface area contributed by atoms with Gasteiger partial charge >= 0.3 is 5.97 Å². The second-order valence-corrected chi connectivity index (χ2v) is 19.0. The number of hydrogen-bond acceptors (Lipinski definition) is 9. The number of hydrogen-bond donors (Lipinski definition) is 1. The van der Waals surface area contributed by atoms with E-state index in [4.69, 9.17) is 20.2 Å². The molecule has 0 unspecified atom stereocenters. The number of nitriles is 1. The Kier molecular flexibility index (Phi) is 13.3. The van der Waals surface area contributed by atoms with Crippen LogP contribution < -0.4 is 4.90 Å². The Bertz CT molecular complexity index is 3430. The predicted molar refractivity (Wildman–Crippen MR) is 283 cm³/mol. The number of carboxylic acids is 1. The zero-order valence-electron chi connectivity index (χ0n) is 38.0. The normalized spacial score (nSPS) is 11.6. The van der Waals surface area contributed by atoms with Crippen molar-refractivity contribution in [3.8, 4) is 59.9 Å². The van der Waals surface area contributed by atoms with Crippen LogP contribution in [0.3, 0.4) is 0 Å². The molecule has 0 fully saturated rings. The number of unbranched alkanes of at least 4 members (excludes halogenated alkanes) is 5. The number of nitrogens with zero attached hydrogens (tertiary/aromatic N) is 7. The van der Waals surface area contributed by atoms with Gasteiger partial charge in [0.15, 0.2) is 0 Å². The average Bonchev–Trinajstić information content (AvgIpc) is 4.18. The van der Waals surface area contributed by atoms with E-state index in [9.17, 15) is 15.2 Å². The number of aromatic nitrogens is 5. The van der Waals surface area contributed by atoms with Crippen molar-refractivity contribution in [3.63, 3.8) is 0 Å². The molecule has 0 radical (unpaired) electrons. The Morgan fingerprint density at radius 2 is 1.04 bits per heavy atom.